The van der Waals surface area contributed by atoms with Crippen LogP contribution in [0.2, 0.25) is 0 Å². The third-order valence-electron chi connectivity index (χ3n) is 4.22. The molecule has 1 aliphatic carbocycles. The van der Waals surface area contributed by atoms with Crippen LogP contribution in [0.4, 0.5) is 5.88 Å². The van der Waals surface area contributed by atoms with Crippen molar-refractivity contribution >= 4 is 23.5 Å². The van der Waals surface area contributed by atoms with E-state index >= 15 is 0 Å². The fraction of sp³-hybridized carbons (Fsp3) is 0.222. The average molecular weight is 293 g/mol. The van der Waals surface area contributed by atoms with Gasteiger partial charge >= 0.3 is 0 Å². The van der Waals surface area contributed by atoms with Gasteiger partial charge in [-0.1, -0.05) is 24.3 Å². The van der Waals surface area contributed by atoms with Gasteiger partial charge in [-0.15, -0.1) is 0 Å². The van der Waals surface area contributed by atoms with Crippen molar-refractivity contribution in [1.82, 2.24) is 0 Å². The molecule has 0 saturated carbocycles. The zero-order valence-corrected chi connectivity index (χ0v) is 12.0. The second-order valence-electron chi connectivity index (χ2n) is 5.63. The molecular weight excluding hydrogens is 278 g/mol. The zero-order valence-electron chi connectivity index (χ0n) is 12.0. The molecule has 1 saturated heterocycles. The molecular formula is C18H15NO3. The molecule has 2 aromatic rings. The maximum Gasteiger partial charge on any atom is 0.197 e. The second kappa shape index (κ2) is 4.98. The molecule has 0 spiro atoms. The molecule has 4 heteroatoms. The third-order valence-corrected chi connectivity index (χ3v) is 4.22. The number of hydrogen-bond acceptors (Lipinski definition) is 4. The summed E-state index contributed by atoms with van der Waals surface area (Å²) in [6.07, 6.45) is 3.90. The zero-order chi connectivity index (χ0) is 15.1. The van der Waals surface area contributed by atoms with Crippen LogP contribution < -0.4 is 4.90 Å². The van der Waals surface area contributed by atoms with Gasteiger partial charge in [0, 0.05) is 30.3 Å². The fourth-order valence-corrected chi connectivity index (χ4v) is 3.07. The number of carbonyl (C=O) groups is 2. The second-order valence-corrected chi connectivity index (χ2v) is 5.63. The van der Waals surface area contributed by atoms with Crippen LogP contribution >= 0.6 is 0 Å². The number of carbonyl (C=O) groups excluding carboxylic acids is 2. The molecule has 1 aromatic carbocycles. The molecule has 0 radical (unpaired) electrons. The Labute approximate surface area is 128 Å². The monoisotopic (exact) mass is 293 g/mol. The van der Waals surface area contributed by atoms with Crippen molar-refractivity contribution in [2.45, 2.75) is 12.8 Å². The van der Waals surface area contributed by atoms with Gasteiger partial charge in [-0.05, 0) is 25.0 Å². The lowest BCUT2D eigenvalue weighted by molar-refractivity contribution is 0.0990. The number of allylic oxidation sites excluding steroid dienone is 1. The number of nitrogens with zero attached hydrogens (tertiary/aromatic N) is 1. The topological polar surface area (TPSA) is 50.5 Å². The fourth-order valence-electron chi connectivity index (χ4n) is 3.07. The van der Waals surface area contributed by atoms with Crippen LogP contribution in [-0.2, 0) is 0 Å². The number of anilines is 1. The quantitative estimate of drug-likeness (QED) is 0.629. The van der Waals surface area contributed by atoms with Crippen LogP contribution in [0.1, 0.15) is 39.3 Å². The molecule has 0 bridgehead atoms. The van der Waals surface area contributed by atoms with E-state index in [9.17, 15) is 9.59 Å². The first-order valence-corrected chi connectivity index (χ1v) is 7.49. The predicted molar refractivity (Wildman–Crippen MR) is 83.2 cm³/mol. The van der Waals surface area contributed by atoms with Gasteiger partial charge in [-0.3, -0.25) is 9.59 Å². The SMILES string of the molecule is O=C1C(=Cc2ccc(N3CCCC3)o2)C(=O)c2ccccc21. The summed E-state index contributed by atoms with van der Waals surface area (Å²) in [7, 11) is 0. The molecule has 1 fully saturated rings. The van der Waals surface area contributed by atoms with Gasteiger partial charge in [0.15, 0.2) is 17.5 Å². The molecule has 2 aliphatic rings. The standard InChI is InChI=1S/C18H15NO3/c20-17-13-5-1-2-6-14(13)18(21)15(17)11-12-7-8-16(22-12)19-9-3-4-10-19/h1-2,5-8,11H,3-4,9-10H2. The van der Waals surface area contributed by atoms with Gasteiger partial charge in [0.25, 0.3) is 0 Å². The Kier molecular flexibility index (Phi) is 2.96. The van der Waals surface area contributed by atoms with Crippen molar-refractivity contribution in [2.75, 3.05) is 18.0 Å². The number of hydrogen-bond donors (Lipinski definition) is 0. The van der Waals surface area contributed by atoms with Crippen molar-refractivity contribution in [3.05, 3.63) is 58.9 Å². The summed E-state index contributed by atoms with van der Waals surface area (Å²) in [4.78, 5) is 26.8. The molecule has 4 nitrogen and oxygen atoms in total. The van der Waals surface area contributed by atoms with Gasteiger partial charge < -0.3 is 9.32 Å². The molecule has 0 N–H and O–H groups in total. The normalized spacial score (nSPS) is 17.3. The Bertz CT molecular complexity index is 757. The summed E-state index contributed by atoms with van der Waals surface area (Å²) < 4.78 is 5.77. The maximum atomic E-state index is 12.3. The lowest BCUT2D eigenvalue weighted by Gasteiger charge is -2.12. The van der Waals surface area contributed by atoms with E-state index in [4.69, 9.17) is 4.42 Å². The van der Waals surface area contributed by atoms with Gasteiger partial charge in [0.1, 0.15) is 5.76 Å². The van der Waals surface area contributed by atoms with E-state index in [-0.39, 0.29) is 17.1 Å². The van der Waals surface area contributed by atoms with E-state index in [0.29, 0.717) is 16.9 Å². The summed E-state index contributed by atoms with van der Waals surface area (Å²) >= 11 is 0. The summed E-state index contributed by atoms with van der Waals surface area (Å²) in [5.74, 6) is 0.908. The Hall–Kier alpha value is -2.62. The molecule has 2 heterocycles. The predicted octanol–water partition coefficient (Wildman–Crippen LogP) is 3.34. The Morgan fingerprint density at radius 2 is 1.55 bits per heavy atom. The number of benzene rings is 1. The lowest BCUT2D eigenvalue weighted by atomic mass is 10.1. The highest BCUT2D eigenvalue weighted by molar-refractivity contribution is 6.41. The maximum absolute atomic E-state index is 12.3. The first-order valence-electron chi connectivity index (χ1n) is 7.49. The van der Waals surface area contributed by atoms with Crippen LogP contribution in [0.3, 0.4) is 0 Å². The highest BCUT2D eigenvalue weighted by atomic mass is 16.4. The van der Waals surface area contributed by atoms with Crippen LogP contribution in [-0.4, -0.2) is 24.7 Å². The minimum Gasteiger partial charge on any atom is -0.441 e. The van der Waals surface area contributed by atoms with E-state index in [0.717, 1.165) is 19.0 Å². The smallest absolute Gasteiger partial charge is 0.197 e. The van der Waals surface area contributed by atoms with Gasteiger partial charge in [0.05, 0.1) is 5.57 Å². The summed E-state index contributed by atoms with van der Waals surface area (Å²) in [6.45, 7) is 1.99. The molecule has 4 rings (SSSR count). The molecule has 22 heavy (non-hydrogen) atoms. The number of ketones is 2. The highest BCUT2D eigenvalue weighted by Crippen LogP contribution is 2.29. The minimum atomic E-state index is -0.222. The molecule has 1 aromatic heterocycles. The third kappa shape index (κ3) is 1.99. The van der Waals surface area contributed by atoms with Gasteiger partial charge in [0.2, 0.25) is 0 Å². The summed E-state index contributed by atoms with van der Waals surface area (Å²) in [5, 5.41) is 0. The summed E-state index contributed by atoms with van der Waals surface area (Å²) in [5.41, 5.74) is 1.14. The number of Topliss-reactive ketones (excluding diaryl/α,β-unsaturated/α-hetero) is 2. The average Bonchev–Trinajstić information content (AvgIpc) is 3.25. The first-order chi connectivity index (χ1) is 10.7. The molecule has 110 valence electrons. The summed E-state index contributed by atoms with van der Waals surface area (Å²) in [6, 6.07) is 10.6. The molecule has 0 atom stereocenters. The number of rotatable bonds is 2. The Balaban J connectivity index is 1.66. The van der Waals surface area contributed by atoms with E-state index in [1.54, 1.807) is 30.3 Å². The lowest BCUT2D eigenvalue weighted by Crippen LogP contribution is -2.16. The van der Waals surface area contributed by atoms with Crippen LogP contribution in [0.15, 0.2) is 46.4 Å². The van der Waals surface area contributed by atoms with Crippen LogP contribution in [0, 0.1) is 0 Å². The van der Waals surface area contributed by atoms with Crippen molar-refractivity contribution in [1.29, 1.82) is 0 Å². The largest absolute Gasteiger partial charge is 0.441 e. The van der Waals surface area contributed by atoms with E-state index in [1.165, 1.54) is 12.8 Å². The van der Waals surface area contributed by atoms with E-state index < -0.39 is 0 Å². The molecule has 1 aliphatic heterocycles. The van der Waals surface area contributed by atoms with Crippen molar-refractivity contribution < 1.29 is 14.0 Å². The van der Waals surface area contributed by atoms with Gasteiger partial charge in [-0.2, -0.15) is 0 Å². The van der Waals surface area contributed by atoms with Crippen LogP contribution in [0.5, 0.6) is 0 Å². The molecule has 0 amide bonds. The Morgan fingerprint density at radius 1 is 0.909 bits per heavy atom. The van der Waals surface area contributed by atoms with Gasteiger partial charge in [-0.25, -0.2) is 0 Å². The van der Waals surface area contributed by atoms with E-state index in [1.807, 2.05) is 12.1 Å². The number of fused-ring (bicyclic) bond motifs is 1. The minimum absolute atomic E-state index is 0.184. The van der Waals surface area contributed by atoms with Crippen molar-refractivity contribution in [2.24, 2.45) is 0 Å². The van der Waals surface area contributed by atoms with Crippen molar-refractivity contribution in [3.63, 3.8) is 0 Å². The molecule has 0 unspecified atom stereocenters. The van der Waals surface area contributed by atoms with Crippen molar-refractivity contribution in [3.8, 4) is 0 Å². The Morgan fingerprint density at radius 3 is 2.18 bits per heavy atom. The highest BCUT2D eigenvalue weighted by Gasteiger charge is 2.32. The number of furan rings is 1. The van der Waals surface area contributed by atoms with E-state index in [2.05, 4.69) is 4.90 Å². The van der Waals surface area contributed by atoms with Crippen LogP contribution in [0.25, 0.3) is 6.08 Å². The first kappa shape index (κ1) is 13.1.